The summed E-state index contributed by atoms with van der Waals surface area (Å²) in [5.41, 5.74) is 2.58. The van der Waals surface area contributed by atoms with E-state index in [1.165, 1.54) is 27.5 Å². The van der Waals surface area contributed by atoms with Gasteiger partial charge in [-0.2, -0.15) is 0 Å². The minimum absolute atomic E-state index is 0.220. The monoisotopic (exact) mass is 379 g/mol. The second-order valence-electron chi connectivity index (χ2n) is 5.13. The molecular weight excluding hydrogens is 361 g/mol. The molecule has 104 valence electrons. The zero-order valence-corrected chi connectivity index (χ0v) is 13.6. The maximum atomic E-state index is 5.80. The van der Waals surface area contributed by atoms with Crippen molar-refractivity contribution in [2.24, 2.45) is 0 Å². The van der Waals surface area contributed by atoms with Gasteiger partial charge in [0.2, 0.25) is 0 Å². The van der Waals surface area contributed by atoms with Crippen LogP contribution in [-0.2, 0) is 0 Å². The number of benzene rings is 2. The van der Waals surface area contributed by atoms with Crippen molar-refractivity contribution in [2.45, 2.75) is 25.0 Å². The summed E-state index contributed by atoms with van der Waals surface area (Å²) in [6.07, 6.45) is 2.85. The van der Waals surface area contributed by atoms with Crippen LogP contribution in [0.1, 0.15) is 30.0 Å². The highest BCUT2D eigenvalue weighted by Crippen LogP contribution is 2.30. The number of hydrogen-bond donors (Lipinski definition) is 1. The molecule has 1 fully saturated rings. The molecule has 1 saturated carbocycles. The highest BCUT2D eigenvalue weighted by Gasteiger charge is 2.23. The molecule has 0 radical (unpaired) electrons. The van der Waals surface area contributed by atoms with Crippen LogP contribution in [-0.4, -0.2) is 13.2 Å². The Labute approximate surface area is 133 Å². The van der Waals surface area contributed by atoms with E-state index < -0.39 is 0 Å². The molecular formula is C17H18INO. The van der Waals surface area contributed by atoms with Gasteiger partial charge in [0.15, 0.2) is 0 Å². The smallest absolute Gasteiger partial charge is 0.119 e. The lowest BCUT2D eigenvalue weighted by molar-refractivity contribution is 0.303. The fourth-order valence-electron chi connectivity index (χ4n) is 2.33. The van der Waals surface area contributed by atoms with Gasteiger partial charge in [-0.05, 0) is 71.8 Å². The molecule has 1 atom stereocenters. The highest BCUT2D eigenvalue weighted by molar-refractivity contribution is 14.1. The molecule has 2 nitrogen and oxygen atoms in total. The molecule has 0 heterocycles. The lowest BCUT2D eigenvalue weighted by Crippen LogP contribution is -2.18. The third-order valence-electron chi connectivity index (χ3n) is 3.55. The van der Waals surface area contributed by atoms with Crippen LogP contribution in [0.3, 0.4) is 0 Å². The molecule has 1 unspecified atom stereocenters. The van der Waals surface area contributed by atoms with Gasteiger partial charge in [-0.3, -0.25) is 0 Å². The molecule has 3 rings (SSSR count). The summed E-state index contributed by atoms with van der Waals surface area (Å²) in [7, 11) is 2.00. The average Bonchev–Trinajstić information content (AvgIpc) is 3.27. The SMILES string of the molecule is CNC(c1ccc(OC2CC2)cc1)c1ccccc1I. The normalized spacial score (nSPS) is 15.9. The fourth-order valence-corrected chi connectivity index (χ4v) is 3.03. The minimum Gasteiger partial charge on any atom is -0.490 e. The number of nitrogens with one attached hydrogen (secondary N) is 1. The van der Waals surface area contributed by atoms with Gasteiger partial charge in [0.1, 0.15) is 5.75 Å². The molecule has 0 spiro atoms. The zero-order chi connectivity index (χ0) is 13.9. The third kappa shape index (κ3) is 3.15. The van der Waals surface area contributed by atoms with Gasteiger partial charge in [-0.25, -0.2) is 0 Å². The summed E-state index contributed by atoms with van der Waals surface area (Å²) in [6, 6.07) is 17.2. The Morgan fingerprint density at radius 3 is 2.40 bits per heavy atom. The second kappa shape index (κ2) is 6.14. The third-order valence-corrected chi connectivity index (χ3v) is 4.53. The van der Waals surface area contributed by atoms with Crippen molar-refractivity contribution < 1.29 is 4.74 Å². The van der Waals surface area contributed by atoms with Crippen molar-refractivity contribution in [2.75, 3.05) is 7.05 Å². The van der Waals surface area contributed by atoms with Gasteiger partial charge in [0, 0.05) is 3.57 Å². The molecule has 20 heavy (non-hydrogen) atoms. The first-order valence-corrected chi connectivity index (χ1v) is 8.04. The van der Waals surface area contributed by atoms with Crippen LogP contribution in [0.5, 0.6) is 5.75 Å². The number of hydrogen-bond acceptors (Lipinski definition) is 2. The number of rotatable bonds is 5. The zero-order valence-electron chi connectivity index (χ0n) is 11.5. The quantitative estimate of drug-likeness (QED) is 0.789. The van der Waals surface area contributed by atoms with Crippen molar-refractivity contribution in [1.29, 1.82) is 0 Å². The van der Waals surface area contributed by atoms with Crippen LogP contribution < -0.4 is 10.1 Å². The Morgan fingerprint density at radius 1 is 1.10 bits per heavy atom. The summed E-state index contributed by atoms with van der Waals surface area (Å²) in [5, 5.41) is 3.40. The summed E-state index contributed by atoms with van der Waals surface area (Å²) in [6.45, 7) is 0. The number of ether oxygens (including phenoxy) is 1. The van der Waals surface area contributed by atoms with E-state index in [0.29, 0.717) is 6.10 Å². The van der Waals surface area contributed by atoms with Crippen LogP contribution in [0.15, 0.2) is 48.5 Å². The predicted octanol–water partition coefficient (Wildman–Crippen LogP) is 4.14. The van der Waals surface area contributed by atoms with E-state index in [-0.39, 0.29) is 6.04 Å². The summed E-state index contributed by atoms with van der Waals surface area (Å²) in [5.74, 6) is 0.980. The highest BCUT2D eigenvalue weighted by atomic mass is 127. The van der Waals surface area contributed by atoms with E-state index in [1.54, 1.807) is 0 Å². The summed E-state index contributed by atoms with van der Waals surface area (Å²) < 4.78 is 7.08. The van der Waals surface area contributed by atoms with E-state index in [9.17, 15) is 0 Å². The van der Waals surface area contributed by atoms with E-state index in [4.69, 9.17) is 4.74 Å². The maximum Gasteiger partial charge on any atom is 0.119 e. The lowest BCUT2D eigenvalue weighted by Gasteiger charge is -2.19. The lowest BCUT2D eigenvalue weighted by atomic mass is 9.99. The predicted molar refractivity (Wildman–Crippen MR) is 90.2 cm³/mol. The summed E-state index contributed by atoms with van der Waals surface area (Å²) in [4.78, 5) is 0. The second-order valence-corrected chi connectivity index (χ2v) is 6.29. The molecule has 1 aliphatic rings. The number of halogens is 1. The molecule has 0 amide bonds. The van der Waals surface area contributed by atoms with Gasteiger partial charge in [0.25, 0.3) is 0 Å². The summed E-state index contributed by atoms with van der Waals surface area (Å²) >= 11 is 2.39. The molecule has 0 aliphatic heterocycles. The van der Waals surface area contributed by atoms with Crippen molar-refractivity contribution in [1.82, 2.24) is 5.32 Å². The molecule has 0 aromatic heterocycles. The van der Waals surface area contributed by atoms with Crippen molar-refractivity contribution in [3.05, 3.63) is 63.2 Å². The molecule has 1 N–H and O–H groups in total. The van der Waals surface area contributed by atoms with E-state index in [1.807, 2.05) is 7.05 Å². The molecule has 0 saturated heterocycles. The van der Waals surface area contributed by atoms with Gasteiger partial charge in [-0.15, -0.1) is 0 Å². The van der Waals surface area contributed by atoms with E-state index in [0.717, 1.165) is 5.75 Å². The first-order chi connectivity index (χ1) is 9.78. The first-order valence-electron chi connectivity index (χ1n) is 6.96. The Balaban J connectivity index is 1.83. The first kappa shape index (κ1) is 13.9. The van der Waals surface area contributed by atoms with Crippen molar-refractivity contribution in [3.63, 3.8) is 0 Å². The van der Waals surface area contributed by atoms with Crippen LogP contribution in [0, 0.1) is 3.57 Å². The molecule has 3 heteroatoms. The Kier molecular flexibility index (Phi) is 4.27. The molecule has 2 aromatic carbocycles. The largest absolute Gasteiger partial charge is 0.490 e. The van der Waals surface area contributed by atoms with Gasteiger partial charge in [-0.1, -0.05) is 30.3 Å². The van der Waals surface area contributed by atoms with Crippen LogP contribution >= 0.6 is 22.6 Å². The van der Waals surface area contributed by atoms with E-state index in [2.05, 4.69) is 76.4 Å². The molecule has 2 aromatic rings. The van der Waals surface area contributed by atoms with Crippen molar-refractivity contribution >= 4 is 22.6 Å². The van der Waals surface area contributed by atoms with Gasteiger partial charge in [0.05, 0.1) is 12.1 Å². The minimum atomic E-state index is 0.220. The topological polar surface area (TPSA) is 21.3 Å². The Bertz CT molecular complexity index is 578. The Morgan fingerprint density at radius 2 is 1.80 bits per heavy atom. The standard InChI is InChI=1S/C17H18INO/c1-19-17(15-4-2-3-5-16(15)18)12-6-8-13(9-7-12)20-14-10-11-14/h2-9,14,17,19H,10-11H2,1H3. The van der Waals surface area contributed by atoms with Crippen LogP contribution in [0.2, 0.25) is 0 Å². The Hall–Kier alpha value is -1.07. The average molecular weight is 379 g/mol. The van der Waals surface area contributed by atoms with E-state index >= 15 is 0 Å². The molecule has 1 aliphatic carbocycles. The van der Waals surface area contributed by atoms with Gasteiger partial charge < -0.3 is 10.1 Å². The van der Waals surface area contributed by atoms with Crippen LogP contribution in [0.4, 0.5) is 0 Å². The van der Waals surface area contributed by atoms with Gasteiger partial charge >= 0.3 is 0 Å². The fraction of sp³-hybridized carbons (Fsp3) is 0.294. The molecule has 0 bridgehead atoms. The maximum absolute atomic E-state index is 5.80. The van der Waals surface area contributed by atoms with Crippen LogP contribution in [0.25, 0.3) is 0 Å². The van der Waals surface area contributed by atoms with Crippen molar-refractivity contribution in [3.8, 4) is 5.75 Å².